The van der Waals surface area contributed by atoms with Crippen molar-refractivity contribution in [2.45, 2.75) is 0 Å². The number of thioether (sulfide) groups is 1. The molecule has 22 heavy (non-hydrogen) atoms. The summed E-state index contributed by atoms with van der Waals surface area (Å²) in [5, 5.41) is 0.133. The van der Waals surface area contributed by atoms with Gasteiger partial charge in [-0.05, 0) is 35.5 Å². The van der Waals surface area contributed by atoms with E-state index >= 15 is 0 Å². The van der Waals surface area contributed by atoms with Crippen molar-refractivity contribution in [3.05, 3.63) is 59.0 Å². The monoisotopic (exact) mass is 335 g/mol. The predicted octanol–water partition coefficient (Wildman–Crippen LogP) is 4.13. The molecule has 0 saturated carbocycles. The molecule has 0 aliphatic carbocycles. The lowest BCUT2D eigenvalue weighted by Gasteiger charge is -2.08. The first kappa shape index (κ1) is 16.4. The number of ether oxygens (including phenoxy) is 1. The predicted molar refractivity (Wildman–Crippen MR) is 90.0 cm³/mol. The highest BCUT2D eigenvalue weighted by atomic mass is 35.5. The molecule has 0 bridgehead atoms. The fraction of sp³-hybridized carbons (Fsp3) is 0.125. The lowest BCUT2D eigenvalue weighted by Crippen LogP contribution is -2.27. The van der Waals surface area contributed by atoms with Crippen LogP contribution in [0.1, 0.15) is 5.56 Å². The largest absolute Gasteiger partial charge is 0.488 e. The standard InChI is InChI=1S/C16H14ClNO3S/c1-3-7-18-15(19)14(22-16(18)20)10-11-5-6-13(12(17)9-11)21-8-4-2/h3-6,9-10H,1-2,7-8H2/b14-10-. The first-order valence-corrected chi connectivity index (χ1v) is 7.65. The number of nitrogens with zero attached hydrogens (tertiary/aromatic N) is 1. The van der Waals surface area contributed by atoms with Gasteiger partial charge in [-0.1, -0.05) is 36.4 Å². The van der Waals surface area contributed by atoms with Crippen LogP contribution in [-0.2, 0) is 4.79 Å². The molecular weight excluding hydrogens is 322 g/mol. The molecule has 2 rings (SSSR count). The second-order valence-corrected chi connectivity index (χ2v) is 5.77. The van der Waals surface area contributed by atoms with Crippen molar-refractivity contribution >= 4 is 40.6 Å². The maximum atomic E-state index is 12.1. The molecule has 1 aliphatic heterocycles. The van der Waals surface area contributed by atoms with Crippen LogP contribution < -0.4 is 4.74 Å². The number of benzene rings is 1. The van der Waals surface area contributed by atoms with Gasteiger partial charge in [0.05, 0.1) is 9.93 Å². The number of amides is 2. The maximum absolute atomic E-state index is 12.1. The summed E-state index contributed by atoms with van der Waals surface area (Å²) in [6.45, 7) is 7.67. The Kier molecular flexibility index (Phi) is 5.46. The Morgan fingerprint density at radius 3 is 2.68 bits per heavy atom. The van der Waals surface area contributed by atoms with Crippen molar-refractivity contribution in [3.8, 4) is 5.75 Å². The van der Waals surface area contributed by atoms with Crippen LogP contribution in [-0.4, -0.2) is 29.2 Å². The number of carbonyl (C=O) groups is 2. The highest BCUT2D eigenvalue weighted by Gasteiger charge is 2.33. The molecule has 0 aromatic heterocycles. The molecule has 2 amide bonds. The summed E-state index contributed by atoms with van der Waals surface area (Å²) in [5.41, 5.74) is 0.722. The molecule has 1 heterocycles. The molecule has 1 aromatic carbocycles. The second kappa shape index (κ2) is 7.33. The van der Waals surface area contributed by atoms with E-state index in [1.807, 2.05) is 0 Å². The summed E-state index contributed by atoms with van der Waals surface area (Å²) in [4.78, 5) is 25.4. The van der Waals surface area contributed by atoms with Crippen LogP contribution in [0.3, 0.4) is 0 Å². The third kappa shape index (κ3) is 3.61. The van der Waals surface area contributed by atoms with Crippen molar-refractivity contribution in [2.24, 2.45) is 0 Å². The number of imide groups is 1. The van der Waals surface area contributed by atoms with Crippen LogP contribution in [0.4, 0.5) is 4.79 Å². The van der Waals surface area contributed by atoms with Crippen LogP contribution in [0, 0.1) is 0 Å². The van der Waals surface area contributed by atoms with Gasteiger partial charge >= 0.3 is 0 Å². The minimum Gasteiger partial charge on any atom is -0.488 e. The van der Waals surface area contributed by atoms with Gasteiger partial charge in [0.1, 0.15) is 12.4 Å². The number of rotatable bonds is 6. The van der Waals surface area contributed by atoms with E-state index in [0.29, 0.717) is 22.3 Å². The Morgan fingerprint density at radius 1 is 1.27 bits per heavy atom. The van der Waals surface area contributed by atoms with Crippen LogP contribution in [0.25, 0.3) is 6.08 Å². The van der Waals surface area contributed by atoms with Crippen molar-refractivity contribution in [3.63, 3.8) is 0 Å². The molecule has 1 aromatic rings. The van der Waals surface area contributed by atoms with Crippen LogP contribution in [0.5, 0.6) is 5.75 Å². The van der Waals surface area contributed by atoms with Gasteiger partial charge in [0.2, 0.25) is 0 Å². The zero-order chi connectivity index (χ0) is 16.1. The first-order valence-electron chi connectivity index (χ1n) is 6.46. The normalized spacial score (nSPS) is 16.2. The fourth-order valence-corrected chi connectivity index (χ4v) is 2.90. The maximum Gasteiger partial charge on any atom is 0.293 e. The van der Waals surface area contributed by atoms with Crippen molar-refractivity contribution < 1.29 is 14.3 Å². The summed E-state index contributed by atoms with van der Waals surface area (Å²) in [5.74, 6) is 0.219. The topological polar surface area (TPSA) is 46.6 Å². The summed E-state index contributed by atoms with van der Waals surface area (Å²) >= 11 is 7.03. The Labute approximate surface area is 138 Å². The van der Waals surface area contributed by atoms with Gasteiger partial charge < -0.3 is 4.74 Å². The molecule has 4 nitrogen and oxygen atoms in total. The van der Waals surface area contributed by atoms with E-state index in [-0.39, 0.29) is 17.7 Å². The van der Waals surface area contributed by atoms with Gasteiger partial charge in [-0.2, -0.15) is 0 Å². The van der Waals surface area contributed by atoms with E-state index in [0.717, 1.165) is 22.2 Å². The Hall–Kier alpha value is -1.98. The Morgan fingerprint density at radius 2 is 2.05 bits per heavy atom. The first-order chi connectivity index (χ1) is 10.6. The van der Waals surface area contributed by atoms with E-state index in [1.54, 1.807) is 30.4 Å². The number of halogens is 1. The summed E-state index contributed by atoms with van der Waals surface area (Å²) in [6, 6.07) is 5.17. The summed E-state index contributed by atoms with van der Waals surface area (Å²) in [6.07, 6.45) is 4.78. The molecule has 0 unspecified atom stereocenters. The SMILES string of the molecule is C=CCOc1ccc(/C=C2\SC(=O)N(CC=C)C2=O)cc1Cl. The number of carbonyl (C=O) groups excluding carboxylic acids is 2. The Balaban J connectivity index is 2.21. The minimum absolute atomic E-state index is 0.205. The third-order valence-electron chi connectivity index (χ3n) is 2.80. The highest BCUT2D eigenvalue weighted by molar-refractivity contribution is 8.18. The quantitative estimate of drug-likeness (QED) is 0.579. The average molecular weight is 336 g/mol. The van der Waals surface area contributed by atoms with E-state index in [4.69, 9.17) is 16.3 Å². The van der Waals surface area contributed by atoms with Gasteiger partial charge in [-0.25, -0.2) is 0 Å². The molecule has 1 aliphatic rings. The Bertz CT molecular complexity index is 669. The lowest BCUT2D eigenvalue weighted by atomic mass is 10.2. The molecule has 0 N–H and O–H groups in total. The second-order valence-electron chi connectivity index (χ2n) is 4.37. The van der Waals surface area contributed by atoms with E-state index in [1.165, 1.54) is 6.08 Å². The van der Waals surface area contributed by atoms with E-state index < -0.39 is 0 Å². The fourth-order valence-electron chi connectivity index (χ4n) is 1.81. The molecule has 1 fully saturated rings. The van der Waals surface area contributed by atoms with Gasteiger partial charge in [0.15, 0.2) is 0 Å². The zero-order valence-electron chi connectivity index (χ0n) is 11.8. The van der Waals surface area contributed by atoms with Crippen LogP contribution >= 0.6 is 23.4 Å². The van der Waals surface area contributed by atoms with Gasteiger partial charge in [0.25, 0.3) is 11.1 Å². The molecular formula is C16H14ClNO3S. The molecule has 0 spiro atoms. The number of hydrogen-bond donors (Lipinski definition) is 0. The summed E-state index contributed by atoms with van der Waals surface area (Å²) < 4.78 is 5.38. The summed E-state index contributed by atoms with van der Waals surface area (Å²) in [7, 11) is 0. The molecule has 114 valence electrons. The van der Waals surface area contributed by atoms with Crippen molar-refractivity contribution in [2.75, 3.05) is 13.2 Å². The van der Waals surface area contributed by atoms with E-state index in [2.05, 4.69) is 13.2 Å². The van der Waals surface area contributed by atoms with E-state index in [9.17, 15) is 9.59 Å². The minimum atomic E-state index is -0.321. The average Bonchev–Trinajstić information content (AvgIpc) is 2.74. The van der Waals surface area contributed by atoms with Crippen LogP contribution in [0.2, 0.25) is 5.02 Å². The molecule has 0 radical (unpaired) electrons. The van der Waals surface area contributed by atoms with Gasteiger partial charge in [0, 0.05) is 6.54 Å². The third-order valence-corrected chi connectivity index (χ3v) is 4.00. The molecule has 6 heteroatoms. The smallest absolute Gasteiger partial charge is 0.293 e. The molecule has 1 saturated heterocycles. The van der Waals surface area contributed by atoms with Crippen molar-refractivity contribution in [1.82, 2.24) is 4.90 Å². The zero-order valence-corrected chi connectivity index (χ0v) is 13.3. The van der Waals surface area contributed by atoms with Gasteiger partial charge in [-0.3, -0.25) is 14.5 Å². The molecule has 0 atom stereocenters. The van der Waals surface area contributed by atoms with Crippen LogP contribution in [0.15, 0.2) is 48.4 Å². The van der Waals surface area contributed by atoms with Crippen molar-refractivity contribution in [1.29, 1.82) is 0 Å². The number of hydrogen-bond acceptors (Lipinski definition) is 4. The lowest BCUT2D eigenvalue weighted by molar-refractivity contribution is -0.122. The highest BCUT2D eigenvalue weighted by Crippen LogP contribution is 2.33. The van der Waals surface area contributed by atoms with Gasteiger partial charge in [-0.15, -0.1) is 6.58 Å².